The van der Waals surface area contributed by atoms with Gasteiger partial charge in [-0.25, -0.2) is 0 Å². The van der Waals surface area contributed by atoms with Crippen molar-refractivity contribution in [3.63, 3.8) is 0 Å². The third-order valence-corrected chi connectivity index (χ3v) is 4.72. The number of benzene rings is 2. The van der Waals surface area contributed by atoms with Gasteiger partial charge in [0.1, 0.15) is 6.61 Å². The highest BCUT2D eigenvalue weighted by Gasteiger charge is 2.09. The van der Waals surface area contributed by atoms with Gasteiger partial charge in [0.05, 0.1) is 6.61 Å². The van der Waals surface area contributed by atoms with Crippen LogP contribution in [0.1, 0.15) is 30.4 Å². The average molecular weight is 352 g/mol. The van der Waals surface area contributed by atoms with Crippen molar-refractivity contribution < 1.29 is 9.53 Å². The summed E-state index contributed by atoms with van der Waals surface area (Å²) in [6, 6.07) is 17.9. The summed E-state index contributed by atoms with van der Waals surface area (Å²) in [5.41, 5.74) is 3.25. The number of hydrogen-bond acceptors (Lipinski definition) is 3. The minimum Gasteiger partial charge on any atom is -0.367 e. The molecule has 1 heterocycles. The van der Waals surface area contributed by atoms with E-state index < -0.39 is 0 Å². The van der Waals surface area contributed by atoms with Crippen LogP contribution in [0, 0.1) is 0 Å². The van der Waals surface area contributed by atoms with Gasteiger partial charge in [-0.05, 0) is 55.6 Å². The Kier molecular flexibility index (Phi) is 7.23. The van der Waals surface area contributed by atoms with E-state index in [0.717, 1.165) is 24.2 Å². The quantitative estimate of drug-likeness (QED) is 0.784. The molecule has 0 aliphatic carbocycles. The Morgan fingerprint density at radius 1 is 0.962 bits per heavy atom. The van der Waals surface area contributed by atoms with Crippen LogP contribution in [-0.2, 0) is 22.6 Å². The van der Waals surface area contributed by atoms with E-state index in [0.29, 0.717) is 6.61 Å². The summed E-state index contributed by atoms with van der Waals surface area (Å²) < 4.78 is 5.58. The second-order valence-electron chi connectivity index (χ2n) is 6.88. The lowest BCUT2D eigenvalue weighted by Gasteiger charge is -2.26. The molecule has 4 heteroatoms. The molecule has 0 spiro atoms. The maximum atomic E-state index is 11.9. The number of likely N-dealkylation sites (tertiary alicyclic amines) is 1. The second-order valence-corrected chi connectivity index (χ2v) is 6.88. The first-order valence-corrected chi connectivity index (χ1v) is 9.52. The lowest BCUT2D eigenvalue weighted by molar-refractivity contribution is -0.121. The summed E-state index contributed by atoms with van der Waals surface area (Å²) in [5, 5.41) is 2.83. The first-order valence-electron chi connectivity index (χ1n) is 9.52. The van der Waals surface area contributed by atoms with Crippen molar-refractivity contribution in [1.29, 1.82) is 0 Å². The van der Waals surface area contributed by atoms with Crippen molar-refractivity contribution >= 4 is 11.6 Å². The molecule has 26 heavy (non-hydrogen) atoms. The number of para-hydroxylation sites is 1. The van der Waals surface area contributed by atoms with E-state index >= 15 is 0 Å². The van der Waals surface area contributed by atoms with Crippen molar-refractivity contribution in [2.45, 2.75) is 32.3 Å². The minimum atomic E-state index is -0.127. The summed E-state index contributed by atoms with van der Waals surface area (Å²) in [7, 11) is 0. The molecule has 0 aromatic heterocycles. The fourth-order valence-electron chi connectivity index (χ4n) is 3.33. The van der Waals surface area contributed by atoms with Gasteiger partial charge in [-0.15, -0.1) is 0 Å². The van der Waals surface area contributed by atoms with Crippen LogP contribution in [0.5, 0.6) is 0 Å². The van der Waals surface area contributed by atoms with Gasteiger partial charge in [-0.3, -0.25) is 4.79 Å². The third kappa shape index (κ3) is 6.28. The van der Waals surface area contributed by atoms with Gasteiger partial charge in [0.2, 0.25) is 5.91 Å². The zero-order valence-electron chi connectivity index (χ0n) is 15.3. The fourth-order valence-corrected chi connectivity index (χ4v) is 3.33. The monoisotopic (exact) mass is 352 g/mol. The molecule has 1 aliphatic heterocycles. The molecule has 1 saturated heterocycles. The van der Waals surface area contributed by atoms with Gasteiger partial charge in [-0.1, -0.05) is 48.9 Å². The molecule has 0 saturated carbocycles. The molecule has 3 rings (SSSR count). The Hall–Kier alpha value is -2.17. The van der Waals surface area contributed by atoms with Gasteiger partial charge < -0.3 is 15.0 Å². The number of nitrogens with one attached hydrogen (secondary N) is 1. The van der Waals surface area contributed by atoms with Gasteiger partial charge in [0.15, 0.2) is 0 Å². The van der Waals surface area contributed by atoms with E-state index in [1.165, 1.54) is 37.9 Å². The summed E-state index contributed by atoms with van der Waals surface area (Å²) in [6.07, 6.45) is 5.11. The van der Waals surface area contributed by atoms with E-state index in [-0.39, 0.29) is 12.5 Å². The number of carbonyl (C=O) groups excluding carboxylic acids is 1. The molecule has 138 valence electrons. The van der Waals surface area contributed by atoms with Crippen LogP contribution < -0.4 is 5.32 Å². The fraction of sp³-hybridized carbons (Fsp3) is 0.409. The van der Waals surface area contributed by atoms with Crippen LogP contribution in [-0.4, -0.2) is 37.0 Å². The molecule has 4 nitrogen and oxygen atoms in total. The van der Waals surface area contributed by atoms with Crippen molar-refractivity contribution in [3.05, 3.63) is 65.7 Å². The standard InChI is InChI=1S/C22H28N2O2/c25-22(23-21-10-3-1-4-11-21)18-26-17-20-9-7-8-19(16-20)12-15-24-13-5-2-6-14-24/h1,3-4,7-11,16H,2,5-6,12-15,17-18H2,(H,23,25). The molecule has 0 radical (unpaired) electrons. The molecule has 0 bridgehead atoms. The number of amides is 1. The molecule has 2 aromatic rings. The lowest BCUT2D eigenvalue weighted by Crippen LogP contribution is -2.31. The van der Waals surface area contributed by atoms with E-state index in [4.69, 9.17) is 4.74 Å². The zero-order valence-corrected chi connectivity index (χ0v) is 15.3. The van der Waals surface area contributed by atoms with Crippen LogP contribution in [0.25, 0.3) is 0 Å². The predicted octanol–water partition coefficient (Wildman–Crippen LogP) is 3.87. The minimum absolute atomic E-state index is 0.0624. The highest BCUT2D eigenvalue weighted by atomic mass is 16.5. The largest absolute Gasteiger partial charge is 0.367 e. The maximum absolute atomic E-state index is 11.9. The van der Waals surface area contributed by atoms with E-state index in [1.807, 2.05) is 30.3 Å². The number of nitrogens with zero attached hydrogens (tertiary/aromatic N) is 1. The first-order chi connectivity index (χ1) is 12.8. The van der Waals surface area contributed by atoms with Gasteiger partial charge in [0.25, 0.3) is 0 Å². The predicted molar refractivity (Wildman–Crippen MR) is 105 cm³/mol. The van der Waals surface area contributed by atoms with Gasteiger partial charge >= 0.3 is 0 Å². The summed E-state index contributed by atoms with van der Waals surface area (Å²) in [6.45, 7) is 4.12. The van der Waals surface area contributed by atoms with Crippen molar-refractivity contribution in [2.24, 2.45) is 0 Å². The topological polar surface area (TPSA) is 41.6 Å². The van der Waals surface area contributed by atoms with E-state index in [2.05, 4.69) is 34.5 Å². The molecular formula is C22H28N2O2. The lowest BCUT2D eigenvalue weighted by atomic mass is 10.1. The van der Waals surface area contributed by atoms with Crippen LogP contribution in [0.15, 0.2) is 54.6 Å². The molecule has 2 aromatic carbocycles. The smallest absolute Gasteiger partial charge is 0.250 e. The number of ether oxygens (including phenoxy) is 1. The van der Waals surface area contributed by atoms with Crippen LogP contribution in [0.3, 0.4) is 0 Å². The van der Waals surface area contributed by atoms with Gasteiger partial charge in [-0.2, -0.15) is 0 Å². The van der Waals surface area contributed by atoms with Crippen LogP contribution in [0.2, 0.25) is 0 Å². The van der Waals surface area contributed by atoms with E-state index in [9.17, 15) is 4.79 Å². The third-order valence-electron chi connectivity index (χ3n) is 4.72. The summed E-state index contributed by atoms with van der Waals surface area (Å²) in [4.78, 5) is 14.5. The molecule has 1 aliphatic rings. The SMILES string of the molecule is O=C(COCc1cccc(CCN2CCCCC2)c1)Nc1ccccc1. The van der Waals surface area contributed by atoms with E-state index in [1.54, 1.807) is 0 Å². The second kappa shape index (κ2) is 10.1. The van der Waals surface area contributed by atoms with Crippen LogP contribution >= 0.6 is 0 Å². The Morgan fingerprint density at radius 2 is 1.73 bits per heavy atom. The van der Waals surface area contributed by atoms with Crippen molar-refractivity contribution in [3.8, 4) is 0 Å². The Labute approximate surface area is 156 Å². The van der Waals surface area contributed by atoms with Gasteiger partial charge in [0, 0.05) is 12.2 Å². The Morgan fingerprint density at radius 3 is 2.54 bits per heavy atom. The molecule has 1 N–H and O–H groups in total. The zero-order chi connectivity index (χ0) is 18.0. The van der Waals surface area contributed by atoms with Crippen molar-refractivity contribution in [2.75, 3.05) is 31.6 Å². The molecule has 0 unspecified atom stereocenters. The summed E-state index contributed by atoms with van der Waals surface area (Å²) >= 11 is 0. The number of carbonyl (C=O) groups is 1. The Bertz CT molecular complexity index is 682. The molecule has 0 atom stereocenters. The Balaban J connectivity index is 1.39. The molecule has 1 fully saturated rings. The highest BCUT2D eigenvalue weighted by molar-refractivity contribution is 5.91. The van der Waals surface area contributed by atoms with Crippen molar-refractivity contribution in [1.82, 2.24) is 4.90 Å². The average Bonchev–Trinajstić information content (AvgIpc) is 2.68. The normalized spacial score (nSPS) is 14.9. The number of rotatable bonds is 8. The molecular weight excluding hydrogens is 324 g/mol. The number of anilines is 1. The number of piperidine rings is 1. The first kappa shape index (κ1) is 18.6. The van der Waals surface area contributed by atoms with Crippen LogP contribution in [0.4, 0.5) is 5.69 Å². The maximum Gasteiger partial charge on any atom is 0.250 e. The molecule has 1 amide bonds. The number of hydrogen-bond donors (Lipinski definition) is 1. The highest BCUT2D eigenvalue weighted by Crippen LogP contribution is 2.12. The summed E-state index contributed by atoms with van der Waals surface area (Å²) in [5.74, 6) is -0.127.